The minimum Gasteiger partial charge on any atom is -0.508 e. The van der Waals surface area contributed by atoms with E-state index in [1.54, 1.807) is 68.1 Å². The van der Waals surface area contributed by atoms with Crippen LogP contribution in [-0.2, 0) is 41.5 Å². The van der Waals surface area contributed by atoms with Crippen molar-refractivity contribution in [3.8, 4) is 5.75 Å². The smallest absolute Gasteiger partial charge is 0.329 e. The van der Waals surface area contributed by atoms with Gasteiger partial charge < -0.3 is 34.7 Å². The molecule has 4 rings (SSSR count). The van der Waals surface area contributed by atoms with Crippen molar-refractivity contribution in [2.24, 2.45) is 0 Å². The number of carbonyl (C=O) groups is 4. The summed E-state index contributed by atoms with van der Waals surface area (Å²) in [5.74, 6) is -1.64. The van der Waals surface area contributed by atoms with Gasteiger partial charge in [0.15, 0.2) is 0 Å². The second kappa shape index (κ2) is 16.9. The maximum atomic E-state index is 14.4. The van der Waals surface area contributed by atoms with Gasteiger partial charge >= 0.3 is 13.5 Å². The van der Waals surface area contributed by atoms with Gasteiger partial charge in [-0.1, -0.05) is 41.9 Å². The summed E-state index contributed by atoms with van der Waals surface area (Å²) in [6.07, 6.45) is 1.49. The number of hydrogen-bond donors (Lipinski definition) is 3. The Bertz CT molecular complexity index is 1430. The number of ether oxygens (including phenoxy) is 2. The molecule has 0 aromatic heterocycles. The summed E-state index contributed by atoms with van der Waals surface area (Å²) in [5, 5.41) is 22.6. The van der Waals surface area contributed by atoms with Crippen molar-refractivity contribution in [2.75, 3.05) is 46.4 Å². The third-order valence-electron chi connectivity index (χ3n) is 8.60. The van der Waals surface area contributed by atoms with Crippen LogP contribution in [0.15, 0.2) is 48.5 Å². The van der Waals surface area contributed by atoms with Gasteiger partial charge in [-0.15, -0.1) is 0 Å². The SMILES string of the molecule is CN(C(=O)[C@H](CCN1CCOCC1)NC(=O)[C@H](Cc1cccc(O)c1)N1CCCC1=O)[C@@H](Cc1cccc([B]O)c1)C(=O)OC(C)(C)C. The maximum absolute atomic E-state index is 14.4. The molecule has 0 spiro atoms. The molecule has 0 saturated carbocycles. The molecular formula is C35H48BN4O8. The van der Waals surface area contributed by atoms with Crippen LogP contribution in [0.25, 0.3) is 0 Å². The number of phenols is 1. The normalized spacial score (nSPS) is 17.4. The average molecular weight is 664 g/mol. The van der Waals surface area contributed by atoms with E-state index in [0.717, 1.165) is 7.48 Å². The van der Waals surface area contributed by atoms with Gasteiger partial charge in [0, 0.05) is 52.5 Å². The molecule has 12 nitrogen and oxygen atoms in total. The molecular weight excluding hydrogens is 615 g/mol. The Kier molecular flexibility index (Phi) is 13.0. The molecule has 3 amide bonds. The summed E-state index contributed by atoms with van der Waals surface area (Å²) >= 11 is 0. The van der Waals surface area contributed by atoms with Crippen molar-refractivity contribution in [2.45, 2.75) is 76.6 Å². The van der Waals surface area contributed by atoms with Crippen molar-refractivity contribution in [1.29, 1.82) is 0 Å². The van der Waals surface area contributed by atoms with E-state index in [4.69, 9.17) is 9.47 Å². The fourth-order valence-electron chi connectivity index (χ4n) is 6.08. The lowest BCUT2D eigenvalue weighted by molar-refractivity contribution is -0.164. The van der Waals surface area contributed by atoms with Crippen LogP contribution in [0.5, 0.6) is 5.75 Å². The monoisotopic (exact) mass is 663 g/mol. The number of nitrogens with zero attached hydrogens (tertiary/aromatic N) is 3. The number of likely N-dealkylation sites (N-methyl/N-ethyl adjacent to an activating group) is 1. The topological polar surface area (TPSA) is 149 Å². The molecule has 2 heterocycles. The van der Waals surface area contributed by atoms with Crippen molar-refractivity contribution < 1.29 is 38.8 Å². The minimum absolute atomic E-state index is 0.0511. The number of esters is 1. The van der Waals surface area contributed by atoms with E-state index in [9.17, 15) is 29.3 Å². The third-order valence-corrected chi connectivity index (χ3v) is 8.60. The number of carbonyl (C=O) groups excluding carboxylic acids is 4. The zero-order valence-corrected chi connectivity index (χ0v) is 28.4. The summed E-state index contributed by atoms with van der Waals surface area (Å²) in [4.78, 5) is 60.0. The number of amides is 3. The van der Waals surface area contributed by atoms with Gasteiger partial charge in [-0.2, -0.15) is 0 Å². The van der Waals surface area contributed by atoms with Gasteiger partial charge in [0.2, 0.25) is 17.7 Å². The minimum atomic E-state index is -1.03. The Balaban J connectivity index is 1.62. The first kappa shape index (κ1) is 36.9. The van der Waals surface area contributed by atoms with E-state index >= 15 is 0 Å². The summed E-state index contributed by atoms with van der Waals surface area (Å²) in [5.41, 5.74) is 1.12. The number of morpholine rings is 1. The highest BCUT2D eigenvalue weighted by Gasteiger charge is 2.38. The Morgan fingerprint density at radius 2 is 1.73 bits per heavy atom. The lowest BCUT2D eigenvalue weighted by Gasteiger charge is -2.35. The van der Waals surface area contributed by atoms with Crippen LogP contribution in [0.4, 0.5) is 0 Å². The average Bonchev–Trinajstić information content (AvgIpc) is 3.48. The van der Waals surface area contributed by atoms with Crippen LogP contribution >= 0.6 is 0 Å². The number of rotatable bonds is 14. The highest BCUT2D eigenvalue weighted by atomic mass is 16.6. The Hall–Kier alpha value is -3.94. The first-order valence-corrected chi connectivity index (χ1v) is 16.6. The second-order valence-corrected chi connectivity index (χ2v) is 13.5. The van der Waals surface area contributed by atoms with E-state index < -0.39 is 41.5 Å². The highest BCUT2D eigenvalue weighted by Crippen LogP contribution is 2.21. The van der Waals surface area contributed by atoms with Crippen LogP contribution in [0.3, 0.4) is 0 Å². The fraction of sp³-hybridized carbons (Fsp3) is 0.543. The largest absolute Gasteiger partial charge is 0.508 e. The Morgan fingerprint density at radius 3 is 2.35 bits per heavy atom. The molecule has 1 radical (unpaired) electrons. The van der Waals surface area contributed by atoms with Crippen LogP contribution in [0.2, 0.25) is 0 Å². The van der Waals surface area contributed by atoms with Gasteiger partial charge in [0.05, 0.1) is 13.2 Å². The summed E-state index contributed by atoms with van der Waals surface area (Å²) < 4.78 is 11.2. The maximum Gasteiger partial charge on any atom is 0.329 e. The molecule has 0 unspecified atom stereocenters. The molecule has 3 atom stereocenters. The number of hydrogen-bond acceptors (Lipinski definition) is 9. The zero-order valence-electron chi connectivity index (χ0n) is 28.4. The molecule has 259 valence electrons. The molecule has 2 aliphatic heterocycles. The second-order valence-electron chi connectivity index (χ2n) is 13.5. The number of benzene rings is 2. The van der Waals surface area contributed by atoms with Gasteiger partial charge in [-0.05, 0) is 56.9 Å². The first-order valence-electron chi connectivity index (χ1n) is 16.6. The molecule has 2 fully saturated rings. The van der Waals surface area contributed by atoms with Gasteiger partial charge in [0.25, 0.3) is 0 Å². The van der Waals surface area contributed by atoms with Crippen LogP contribution in [-0.4, -0.2) is 126 Å². The van der Waals surface area contributed by atoms with Gasteiger partial charge in [-0.3, -0.25) is 19.3 Å². The van der Waals surface area contributed by atoms with Crippen molar-refractivity contribution in [1.82, 2.24) is 20.0 Å². The van der Waals surface area contributed by atoms with Crippen molar-refractivity contribution in [3.63, 3.8) is 0 Å². The Labute approximate surface area is 283 Å². The number of nitrogens with one attached hydrogen (secondary N) is 1. The van der Waals surface area contributed by atoms with Crippen LogP contribution in [0, 0.1) is 0 Å². The molecule has 2 aromatic carbocycles. The van der Waals surface area contributed by atoms with E-state index in [2.05, 4.69) is 10.2 Å². The molecule has 2 aromatic rings. The molecule has 13 heteroatoms. The molecule has 3 N–H and O–H groups in total. The van der Waals surface area contributed by atoms with E-state index in [-0.39, 0.29) is 30.9 Å². The summed E-state index contributed by atoms with van der Waals surface area (Å²) in [6.45, 7) is 8.68. The number of phenolic OH excluding ortho intramolecular Hbond substituents is 1. The molecule has 2 saturated heterocycles. The molecule has 0 aliphatic carbocycles. The number of aromatic hydroxyl groups is 1. The van der Waals surface area contributed by atoms with Gasteiger partial charge in [-0.25, -0.2) is 4.79 Å². The molecule has 2 aliphatic rings. The van der Waals surface area contributed by atoms with E-state index in [1.807, 2.05) is 0 Å². The molecule has 0 bridgehead atoms. The zero-order chi connectivity index (χ0) is 34.8. The van der Waals surface area contributed by atoms with Crippen LogP contribution < -0.4 is 10.8 Å². The predicted octanol–water partition coefficient (Wildman–Crippen LogP) is 0.781. The third kappa shape index (κ3) is 10.5. The van der Waals surface area contributed by atoms with Crippen LogP contribution in [0.1, 0.15) is 51.2 Å². The first-order chi connectivity index (χ1) is 22.8. The lowest BCUT2D eigenvalue weighted by Crippen LogP contribution is -2.58. The number of likely N-dealkylation sites (tertiary alicyclic amines) is 1. The highest BCUT2D eigenvalue weighted by molar-refractivity contribution is 6.45. The van der Waals surface area contributed by atoms with Crippen molar-refractivity contribution in [3.05, 3.63) is 59.7 Å². The Morgan fingerprint density at radius 1 is 1.04 bits per heavy atom. The quantitative estimate of drug-likeness (QED) is 0.197. The van der Waals surface area contributed by atoms with Gasteiger partial charge in [0.1, 0.15) is 29.5 Å². The fourth-order valence-corrected chi connectivity index (χ4v) is 6.08. The van der Waals surface area contributed by atoms with E-state index in [0.29, 0.717) is 68.8 Å². The standard InChI is InChI=1S/C35H48BN4O8/c1-35(2,3)48-34(45)30(23-24-8-5-10-26(20-24)36-46)38(4)33(44)28(13-15-39-16-18-47-19-17-39)37-32(43)29(40-14-7-12-31(40)42)22-25-9-6-11-27(41)21-25/h5-6,8-11,20-21,28-30,41,46H,7,12-19,22-23H2,1-4H3,(H,37,43)/t28-,29-,30-/m0/s1. The summed E-state index contributed by atoms with van der Waals surface area (Å²) in [7, 11) is 2.50. The predicted molar refractivity (Wildman–Crippen MR) is 181 cm³/mol. The molecule has 48 heavy (non-hydrogen) atoms. The van der Waals surface area contributed by atoms with E-state index in [1.165, 1.54) is 18.0 Å². The summed E-state index contributed by atoms with van der Waals surface area (Å²) in [6, 6.07) is 10.6. The lowest BCUT2D eigenvalue weighted by atomic mass is 9.86. The van der Waals surface area contributed by atoms with Crippen molar-refractivity contribution >= 4 is 36.6 Å².